The van der Waals surface area contributed by atoms with E-state index in [2.05, 4.69) is 6.07 Å². The van der Waals surface area contributed by atoms with Gasteiger partial charge in [-0.25, -0.2) is 0 Å². The SMILES string of the molecule is COc1cc(CCC#N)cc(Cl)c1N. The molecule has 0 spiro atoms. The van der Waals surface area contributed by atoms with Crippen molar-refractivity contribution in [3.8, 4) is 11.8 Å². The quantitative estimate of drug-likeness (QED) is 0.780. The third kappa shape index (κ3) is 2.30. The number of nitrogens with two attached hydrogens (primary N) is 1. The number of ether oxygens (including phenoxy) is 1. The van der Waals surface area contributed by atoms with Gasteiger partial charge in [0.25, 0.3) is 0 Å². The van der Waals surface area contributed by atoms with Crippen molar-refractivity contribution in [2.24, 2.45) is 0 Å². The highest BCUT2D eigenvalue weighted by molar-refractivity contribution is 6.33. The lowest BCUT2D eigenvalue weighted by atomic mass is 10.1. The molecule has 2 N–H and O–H groups in total. The van der Waals surface area contributed by atoms with E-state index in [0.717, 1.165) is 5.56 Å². The first-order valence-electron chi connectivity index (χ1n) is 4.18. The lowest BCUT2D eigenvalue weighted by molar-refractivity contribution is 0.416. The second kappa shape index (κ2) is 4.73. The fourth-order valence-electron chi connectivity index (χ4n) is 1.16. The van der Waals surface area contributed by atoms with E-state index in [1.807, 2.05) is 0 Å². The molecule has 0 fully saturated rings. The number of methoxy groups -OCH3 is 1. The molecular weight excluding hydrogens is 200 g/mol. The van der Waals surface area contributed by atoms with Crippen molar-refractivity contribution in [3.63, 3.8) is 0 Å². The molecule has 0 saturated carbocycles. The average Bonchev–Trinajstić information content (AvgIpc) is 2.19. The van der Waals surface area contributed by atoms with Crippen LogP contribution in [0.2, 0.25) is 5.02 Å². The zero-order chi connectivity index (χ0) is 10.6. The first kappa shape index (κ1) is 10.7. The van der Waals surface area contributed by atoms with Gasteiger partial charge in [-0.3, -0.25) is 0 Å². The second-order valence-corrected chi connectivity index (χ2v) is 3.26. The number of aryl methyl sites for hydroxylation is 1. The van der Waals surface area contributed by atoms with Gasteiger partial charge in [-0.1, -0.05) is 11.6 Å². The van der Waals surface area contributed by atoms with Crippen LogP contribution in [0.1, 0.15) is 12.0 Å². The predicted octanol–water partition coefficient (Wildman–Crippen LogP) is 2.39. The van der Waals surface area contributed by atoms with E-state index >= 15 is 0 Å². The standard InChI is InChI=1S/C10H11ClN2O/c1-14-9-6-7(3-2-4-12)5-8(11)10(9)13/h5-6H,2-3,13H2,1H3. The van der Waals surface area contributed by atoms with Crippen LogP contribution in [0.25, 0.3) is 0 Å². The number of rotatable bonds is 3. The van der Waals surface area contributed by atoms with Gasteiger partial charge >= 0.3 is 0 Å². The molecule has 0 radical (unpaired) electrons. The summed E-state index contributed by atoms with van der Waals surface area (Å²) in [6, 6.07) is 5.64. The van der Waals surface area contributed by atoms with Crippen LogP contribution in [0.5, 0.6) is 5.75 Å². The Bertz CT molecular complexity index is 371. The predicted molar refractivity (Wildman–Crippen MR) is 56.4 cm³/mol. The fraction of sp³-hybridized carbons (Fsp3) is 0.300. The van der Waals surface area contributed by atoms with E-state index in [0.29, 0.717) is 29.3 Å². The highest BCUT2D eigenvalue weighted by Gasteiger charge is 2.06. The van der Waals surface area contributed by atoms with Crippen molar-refractivity contribution in [1.82, 2.24) is 0 Å². The third-order valence-corrected chi connectivity index (χ3v) is 2.21. The average molecular weight is 211 g/mol. The Hall–Kier alpha value is -1.40. The molecule has 0 unspecified atom stereocenters. The summed E-state index contributed by atoms with van der Waals surface area (Å²) in [5.74, 6) is 0.561. The molecule has 1 aromatic rings. The van der Waals surface area contributed by atoms with Gasteiger partial charge in [0.2, 0.25) is 0 Å². The summed E-state index contributed by atoms with van der Waals surface area (Å²) in [5, 5.41) is 8.91. The van der Waals surface area contributed by atoms with Crippen molar-refractivity contribution >= 4 is 17.3 Å². The van der Waals surface area contributed by atoms with Crippen LogP contribution in [0.4, 0.5) is 5.69 Å². The zero-order valence-electron chi connectivity index (χ0n) is 7.88. The highest BCUT2D eigenvalue weighted by Crippen LogP contribution is 2.31. The molecule has 0 aliphatic heterocycles. The van der Waals surface area contributed by atoms with E-state index < -0.39 is 0 Å². The number of hydrogen-bond donors (Lipinski definition) is 1. The number of anilines is 1. The minimum absolute atomic E-state index is 0.440. The molecule has 1 rings (SSSR count). The smallest absolute Gasteiger partial charge is 0.143 e. The maximum Gasteiger partial charge on any atom is 0.143 e. The Morgan fingerprint density at radius 3 is 2.86 bits per heavy atom. The lowest BCUT2D eigenvalue weighted by Gasteiger charge is -2.08. The summed E-state index contributed by atoms with van der Waals surface area (Å²) in [6.07, 6.45) is 1.12. The molecule has 0 heterocycles. The van der Waals surface area contributed by atoms with Crippen molar-refractivity contribution < 1.29 is 4.74 Å². The molecule has 0 saturated heterocycles. The topological polar surface area (TPSA) is 59.0 Å². The maximum absolute atomic E-state index is 8.44. The highest BCUT2D eigenvalue weighted by atomic mass is 35.5. The summed E-state index contributed by atoms with van der Waals surface area (Å²) >= 11 is 5.89. The number of benzene rings is 1. The summed E-state index contributed by atoms with van der Waals surface area (Å²) in [4.78, 5) is 0. The van der Waals surface area contributed by atoms with E-state index in [1.165, 1.54) is 7.11 Å². The Kier molecular flexibility index (Phi) is 3.61. The lowest BCUT2D eigenvalue weighted by Crippen LogP contribution is -1.95. The molecule has 4 heteroatoms. The second-order valence-electron chi connectivity index (χ2n) is 2.85. The summed E-state index contributed by atoms with van der Waals surface area (Å²) in [7, 11) is 1.54. The van der Waals surface area contributed by atoms with Crippen molar-refractivity contribution in [2.75, 3.05) is 12.8 Å². The molecule has 0 amide bonds. The molecule has 0 aliphatic rings. The minimum Gasteiger partial charge on any atom is -0.495 e. The Morgan fingerprint density at radius 2 is 2.29 bits per heavy atom. The van der Waals surface area contributed by atoms with Gasteiger partial charge in [0, 0.05) is 6.42 Å². The molecule has 0 aliphatic carbocycles. The van der Waals surface area contributed by atoms with Crippen molar-refractivity contribution in [3.05, 3.63) is 22.7 Å². The van der Waals surface area contributed by atoms with Gasteiger partial charge in [0.15, 0.2) is 0 Å². The molecule has 14 heavy (non-hydrogen) atoms. The van der Waals surface area contributed by atoms with Gasteiger partial charge in [-0.15, -0.1) is 0 Å². The van der Waals surface area contributed by atoms with Crippen molar-refractivity contribution in [1.29, 1.82) is 5.26 Å². The molecule has 3 nitrogen and oxygen atoms in total. The van der Waals surface area contributed by atoms with Gasteiger partial charge in [0.1, 0.15) is 5.75 Å². The molecule has 0 bridgehead atoms. The van der Waals surface area contributed by atoms with E-state index in [-0.39, 0.29) is 0 Å². The van der Waals surface area contributed by atoms with E-state index in [9.17, 15) is 0 Å². The van der Waals surface area contributed by atoms with Gasteiger partial charge < -0.3 is 10.5 Å². The Labute approximate surface area is 88.0 Å². The van der Waals surface area contributed by atoms with Crippen LogP contribution in [-0.2, 0) is 6.42 Å². The van der Waals surface area contributed by atoms with Gasteiger partial charge in [-0.2, -0.15) is 5.26 Å². The molecular formula is C10H11ClN2O. The number of nitrogen functional groups attached to an aromatic ring is 1. The fourth-order valence-corrected chi connectivity index (χ4v) is 1.39. The first-order valence-corrected chi connectivity index (χ1v) is 4.55. The third-order valence-electron chi connectivity index (χ3n) is 1.90. The summed E-state index contributed by atoms with van der Waals surface area (Å²) in [6.45, 7) is 0. The summed E-state index contributed by atoms with van der Waals surface area (Å²) in [5.41, 5.74) is 7.07. The molecule has 74 valence electrons. The largest absolute Gasteiger partial charge is 0.495 e. The summed E-state index contributed by atoms with van der Waals surface area (Å²) < 4.78 is 5.05. The molecule has 1 aromatic carbocycles. The number of nitriles is 1. The number of nitrogens with zero attached hydrogens (tertiary/aromatic N) is 1. The maximum atomic E-state index is 8.44. The van der Waals surface area contributed by atoms with Gasteiger partial charge in [0.05, 0.1) is 23.9 Å². The van der Waals surface area contributed by atoms with E-state index in [4.69, 9.17) is 27.3 Å². The van der Waals surface area contributed by atoms with Crippen LogP contribution >= 0.6 is 11.6 Å². The van der Waals surface area contributed by atoms with Crippen LogP contribution in [0.15, 0.2) is 12.1 Å². The monoisotopic (exact) mass is 210 g/mol. The Balaban J connectivity index is 2.98. The van der Waals surface area contributed by atoms with Crippen LogP contribution in [0.3, 0.4) is 0 Å². The Morgan fingerprint density at radius 1 is 1.57 bits per heavy atom. The molecule has 0 atom stereocenters. The van der Waals surface area contributed by atoms with Crippen LogP contribution in [0, 0.1) is 11.3 Å². The van der Waals surface area contributed by atoms with E-state index in [1.54, 1.807) is 12.1 Å². The minimum atomic E-state index is 0.440. The van der Waals surface area contributed by atoms with Crippen molar-refractivity contribution in [2.45, 2.75) is 12.8 Å². The molecule has 0 aromatic heterocycles. The van der Waals surface area contributed by atoms with Crippen LogP contribution < -0.4 is 10.5 Å². The number of hydrogen-bond acceptors (Lipinski definition) is 3. The van der Waals surface area contributed by atoms with Gasteiger partial charge in [-0.05, 0) is 24.1 Å². The number of halogens is 1. The first-order chi connectivity index (χ1) is 6.69. The zero-order valence-corrected chi connectivity index (χ0v) is 8.64. The van der Waals surface area contributed by atoms with Crippen LogP contribution in [-0.4, -0.2) is 7.11 Å². The normalized spacial score (nSPS) is 9.50.